The summed E-state index contributed by atoms with van der Waals surface area (Å²) in [6.45, 7) is 4.15. The first kappa shape index (κ1) is 15.6. The molecule has 0 saturated heterocycles. The van der Waals surface area contributed by atoms with Gasteiger partial charge in [-0.1, -0.05) is 29.8 Å². The molecule has 0 aromatic carbocycles. The number of rotatable bonds is 6. The van der Waals surface area contributed by atoms with Gasteiger partial charge < -0.3 is 0 Å². The Morgan fingerprint density at radius 3 is 2.53 bits per heavy atom. The quantitative estimate of drug-likeness (QED) is 0.736. The molecule has 98 valence electrons. The average molecular weight is 405 g/mol. The fraction of sp³-hybridized carbons (Fsp3) is 0.600. The molecule has 1 rings (SSSR count). The van der Waals surface area contributed by atoms with Gasteiger partial charge in [-0.25, -0.2) is 13.1 Å². The van der Waals surface area contributed by atoms with E-state index in [-0.39, 0.29) is 6.04 Å². The maximum absolute atomic E-state index is 12.1. The van der Waals surface area contributed by atoms with Crippen LogP contribution in [0.15, 0.2) is 20.1 Å². The minimum Gasteiger partial charge on any atom is -0.206 e. The molecule has 1 heterocycles. The van der Waals surface area contributed by atoms with Crippen LogP contribution in [0.25, 0.3) is 0 Å². The van der Waals surface area contributed by atoms with Crippen LogP contribution in [0.5, 0.6) is 0 Å². The highest BCUT2D eigenvalue weighted by Crippen LogP contribution is 2.27. The molecular formula is C10H15Br2NO2S2. The summed E-state index contributed by atoms with van der Waals surface area (Å²) in [5.41, 5.74) is 0. The van der Waals surface area contributed by atoms with E-state index in [2.05, 4.69) is 50.4 Å². The molecule has 1 aromatic rings. The maximum Gasteiger partial charge on any atom is 0.251 e. The lowest BCUT2D eigenvalue weighted by Crippen LogP contribution is -2.36. The molecule has 0 spiro atoms. The Hall–Kier alpha value is 0.570. The normalized spacial score (nSPS) is 14.2. The third-order valence-electron chi connectivity index (χ3n) is 2.09. The van der Waals surface area contributed by atoms with Crippen LogP contribution in [0.2, 0.25) is 0 Å². The van der Waals surface area contributed by atoms with E-state index in [0.29, 0.717) is 19.9 Å². The lowest BCUT2D eigenvalue weighted by atomic mass is 10.1. The molecule has 3 nitrogen and oxygen atoms in total. The molecule has 17 heavy (non-hydrogen) atoms. The summed E-state index contributed by atoms with van der Waals surface area (Å²) >= 11 is 7.80. The minimum atomic E-state index is -3.41. The van der Waals surface area contributed by atoms with Crippen LogP contribution in [0.4, 0.5) is 0 Å². The van der Waals surface area contributed by atoms with Crippen molar-refractivity contribution in [1.82, 2.24) is 4.72 Å². The standard InChI is InChI=1S/C10H15Br2NO2S2/c1-7(2)5-8(6-11)13-17(14,15)10-9(12)3-4-16-10/h3-4,7-8,13H,5-6H2,1-2H3. The Labute approximate surface area is 123 Å². The fourth-order valence-electron chi connectivity index (χ4n) is 1.46. The molecular weight excluding hydrogens is 390 g/mol. The van der Waals surface area contributed by atoms with Gasteiger partial charge in [0.1, 0.15) is 4.21 Å². The van der Waals surface area contributed by atoms with Crippen molar-refractivity contribution < 1.29 is 8.42 Å². The highest BCUT2D eigenvalue weighted by molar-refractivity contribution is 9.10. The summed E-state index contributed by atoms with van der Waals surface area (Å²) in [4.78, 5) is 0. The van der Waals surface area contributed by atoms with E-state index in [9.17, 15) is 8.42 Å². The number of thiophene rings is 1. The van der Waals surface area contributed by atoms with Gasteiger partial charge in [-0.2, -0.15) is 0 Å². The second-order valence-corrected chi connectivity index (χ2v) is 8.49. The van der Waals surface area contributed by atoms with E-state index >= 15 is 0 Å². The Balaban J connectivity index is 2.82. The first-order valence-electron chi connectivity index (χ1n) is 5.18. The third-order valence-corrected chi connectivity index (χ3v) is 7.06. The number of nitrogens with one attached hydrogen (secondary N) is 1. The van der Waals surface area contributed by atoms with Gasteiger partial charge in [-0.3, -0.25) is 0 Å². The van der Waals surface area contributed by atoms with E-state index in [4.69, 9.17) is 0 Å². The molecule has 0 amide bonds. The van der Waals surface area contributed by atoms with Crippen LogP contribution in [0.3, 0.4) is 0 Å². The van der Waals surface area contributed by atoms with Gasteiger partial charge in [-0.15, -0.1) is 11.3 Å². The zero-order chi connectivity index (χ0) is 13.1. The molecule has 0 radical (unpaired) electrons. The van der Waals surface area contributed by atoms with E-state index in [0.717, 1.165) is 6.42 Å². The summed E-state index contributed by atoms with van der Waals surface area (Å²) in [6, 6.07) is 1.67. The number of hydrogen-bond acceptors (Lipinski definition) is 3. The molecule has 0 aliphatic carbocycles. The predicted octanol–water partition coefficient (Wildman–Crippen LogP) is 3.60. The van der Waals surface area contributed by atoms with E-state index in [1.807, 2.05) is 0 Å². The van der Waals surface area contributed by atoms with Crippen LogP contribution >= 0.6 is 43.2 Å². The zero-order valence-electron chi connectivity index (χ0n) is 9.61. The monoisotopic (exact) mass is 403 g/mol. The topological polar surface area (TPSA) is 46.2 Å². The van der Waals surface area contributed by atoms with Gasteiger partial charge in [-0.05, 0) is 39.7 Å². The second kappa shape index (κ2) is 6.65. The lowest BCUT2D eigenvalue weighted by molar-refractivity contribution is 0.488. The lowest BCUT2D eigenvalue weighted by Gasteiger charge is -2.17. The minimum absolute atomic E-state index is 0.0750. The largest absolute Gasteiger partial charge is 0.251 e. The SMILES string of the molecule is CC(C)CC(CBr)NS(=O)(=O)c1sccc1Br. The van der Waals surface area contributed by atoms with Crippen LogP contribution in [-0.2, 0) is 10.0 Å². The van der Waals surface area contributed by atoms with Gasteiger partial charge in [0.25, 0.3) is 10.0 Å². The molecule has 1 atom stereocenters. The summed E-state index contributed by atoms with van der Waals surface area (Å²) in [5.74, 6) is 0.451. The van der Waals surface area contributed by atoms with E-state index in [1.54, 1.807) is 11.4 Å². The number of hydrogen-bond donors (Lipinski definition) is 1. The fourth-order valence-corrected chi connectivity index (χ4v) is 5.70. The molecule has 0 fully saturated rings. The first-order chi connectivity index (χ1) is 7.86. The molecule has 0 saturated carbocycles. The summed E-state index contributed by atoms with van der Waals surface area (Å²) in [5, 5.41) is 2.37. The molecule has 1 aromatic heterocycles. The van der Waals surface area contributed by atoms with Crippen molar-refractivity contribution in [2.24, 2.45) is 5.92 Å². The number of sulfonamides is 1. The van der Waals surface area contributed by atoms with Crippen molar-refractivity contribution in [2.45, 2.75) is 30.5 Å². The van der Waals surface area contributed by atoms with Crippen LogP contribution in [-0.4, -0.2) is 19.8 Å². The number of alkyl halides is 1. The highest BCUT2D eigenvalue weighted by atomic mass is 79.9. The van der Waals surface area contributed by atoms with Crippen molar-refractivity contribution >= 4 is 53.2 Å². The molecule has 0 bridgehead atoms. The van der Waals surface area contributed by atoms with Gasteiger partial charge in [0.15, 0.2) is 0 Å². The molecule has 0 aliphatic rings. The van der Waals surface area contributed by atoms with Crippen molar-refractivity contribution in [3.8, 4) is 0 Å². The molecule has 1 unspecified atom stereocenters. The Morgan fingerprint density at radius 1 is 1.47 bits per heavy atom. The Morgan fingerprint density at radius 2 is 2.12 bits per heavy atom. The maximum atomic E-state index is 12.1. The van der Waals surface area contributed by atoms with Crippen LogP contribution in [0, 0.1) is 5.92 Å². The van der Waals surface area contributed by atoms with Gasteiger partial charge in [0.2, 0.25) is 0 Å². The number of halogens is 2. The van der Waals surface area contributed by atoms with Crippen molar-refractivity contribution in [3.63, 3.8) is 0 Å². The van der Waals surface area contributed by atoms with Gasteiger partial charge in [0.05, 0.1) is 0 Å². The van der Waals surface area contributed by atoms with Crippen molar-refractivity contribution in [3.05, 3.63) is 15.9 Å². The first-order valence-corrected chi connectivity index (χ1v) is 9.46. The summed E-state index contributed by atoms with van der Waals surface area (Å²) in [6.07, 6.45) is 0.813. The predicted molar refractivity (Wildman–Crippen MR) is 79.4 cm³/mol. The smallest absolute Gasteiger partial charge is 0.206 e. The van der Waals surface area contributed by atoms with Gasteiger partial charge >= 0.3 is 0 Å². The second-order valence-electron chi connectivity index (χ2n) is 4.16. The van der Waals surface area contributed by atoms with E-state index in [1.165, 1.54) is 11.3 Å². The summed E-state index contributed by atoms with van der Waals surface area (Å²) in [7, 11) is -3.41. The van der Waals surface area contributed by atoms with Crippen LogP contribution < -0.4 is 4.72 Å². The Bertz CT molecular complexity index is 457. The molecule has 1 N–H and O–H groups in total. The average Bonchev–Trinajstić information content (AvgIpc) is 2.63. The third kappa shape index (κ3) is 4.63. The zero-order valence-corrected chi connectivity index (χ0v) is 14.4. The van der Waals surface area contributed by atoms with Crippen molar-refractivity contribution in [2.75, 3.05) is 5.33 Å². The van der Waals surface area contributed by atoms with Gasteiger partial charge in [0, 0.05) is 15.8 Å². The Kier molecular flexibility index (Phi) is 6.12. The molecule has 0 aliphatic heterocycles. The van der Waals surface area contributed by atoms with E-state index < -0.39 is 10.0 Å². The van der Waals surface area contributed by atoms with Crippen molar-refractivity contribution in [1.29, 1.82) is 0 Å². The van der Waals surface area contributed by atoms with Crippen LogP contribution in [0.1, 0.15) is 20.3 Å². The summed E-state index contributed by atoms with van der Waals surface area (Å²) < 4.78 is 27.9. The highest BCUT2D eigenvalue weighted by Gasteiger charge is 2.23. The molecule has 7 heteroatoms.